The van der Waals surface area contributed by atoms with E-state index in [1.165, 1.54) is 0 Å². The van der Waals surface area contributed by atoms with Crippen LogP contribution in [0.4, 0.5) is 5.69 Å². The maximum Gasteiger partial charge on any atom is 0.259 e. The predicted molar refractivity (Wildman–Crippen MR) is 126 cm³/mol. The van der Waals surface area contributed by atoms with E-state index in [-0.39, 0.29) is 18.9 Å². The molecule has 7 heteroatoms. The third-order valence-electron chi connectivity index (χ3n) is 5.88. The van der Waals surface area contributed by atoms with E-state index < -0.39 is 5.91 Å². The van der Waals surface area contributed by atoms with E-state index in [1.807, 2.05) is 67.6 Å². The number of aromatic nitrogens is 2. The molecule has 1 saturated carbocycles. The second kappa shape index (κ2) is 8.50. The smallest absolute Gasteiger partial charge is 0.259 e. The summed E-state index contributed by atoms with van der Waals surface area (Å²) in [7, 11) is 0. The van der Waals surface area contributed by atoms with Gasteiger partial charge in [-0.2, -0.15) is 0 Å². The summed E-state index contributed by atoms with van der Waals surface area (Å²) in [5.41, 5.74) is 10.2. The fraction of sp³-hybridized carbons (Fsp3) is 0.231. The van der Waals surface area contributed by atoms with Crippen LogP contribution >= 0.6 is 0 Å². The number of nitrogens with zero attached hydrogens (tertiary/aromatic N) is 3. The zero-order valence-corrected chi connectivity index (χ0v) is 18.3. The van der Waals surface area contributed by atoms with Crippen molar-refractivity contribution in [3.05, 3.63) is 77.5 Å². The standard InChI is InChI=1S/C26H24N4O3/c1-16-6-5-9-19(14-16)30(13-12-22(27)31)26(32)20-15-21(17-10-11-17)28-25-23(20)24(29-33-25)18-7-3-2-4-8-18/h2-9,14-15,17H,10-13H2,1H3,(H2,27,31). The number of amides is 2. The molecule has 1 fully saturated rings. The zero-order valence-electron chi connectivity index (χ0n) is 18.3. The first-order valence-electron chi connectivity index (χ1n) is 11.0. The van der Waals surface area contributed by atoms with Crippen LogP contribution in [-0.2, 0) is 4.79 Å². The molecule has 0 aliphatic heterocycles. The van der Waals surface area contributed by atoms with Crippen molar-refractivity contribution in [2.24, 2.45) is 5.73 Å². The summed E-state index contributed by atoms with van der Waals surface area (Å²) >= 11 is 0. The Morgan fingerprint density at radius 1 is 1.09 bits per heavy atom. The van der Waals surface area contributed by atoms with Gasteiger partial charge in [0.25, 0.3) is 11.6 Å². The number of fused-ring (bicyclic) bond motifs is 1. The third-order valence-corrected chi connectivity index (χ3v) is 5.88. The molecule has 33 heavy (non-hydrogen) atoms. The van der Waals surface area contributed by atoms with Gasteiger partial charge in [-0.25, -0.2) is 4.98 Å². The summed E-state index contributed by atoms with van der Waals surface area (Å²) < 4.78 is 5.61. The van der Waals surface area contributed by atoms with Crippen LogP contribution in [0.2, 0.25) is 0 Å². The fourth-order valence-electron chi connectivity index (χ4n) is 4.03. The first kappa shape index (κ1) is 20.9. The average molecular weight is 441 g/mol. The van der Waals surface area contributed by atoms with Crippen molar-refractivity contribution in [2.75, 3.05) is 11.4 Å². The normalized spacial score (nSPS) is 13.2. The molecule has 0 saturated heterocycles. The van der Waals surface area contributed by atoms with E-state index in [4.69, 9.17) is 10.3 Å². The molecule has 5 rings (SSSR count). The minimum atomic E-state index is -0.464. The minimum absolute atomic E-state index is 0.0541. The number of rotatable bonds is 7. The highest BCUT2D eigenvalue weighted by Gasteiger charge is 2.31. The maximum atomic E-state index is 14.0. The minimum Gasteiger partial charge on any atom is -0.370 e. The third kappa shape index (κ3) is 4.22. The van der Waals surface area contributed by atoms with E-state index in [0.717, 1.165) is 29.7 Å². The number of anilines is 1. The van der Waals surface area contributed by atoms with Crippen LogP contribution in [0.3, 0.4) is 0 Å². The summed E-state index contributed by atoms with van der Waals surface area (Å²) in [4.78, 5) is 31.9. The second-order valence-electron chi connectivity index (χ2n) is 8.46. The molecule has 4 aromatic rings. The number of aryl methyl sites for hydroxylation is 1. The first-order valence-corrected chi connectivity index (χ1v) is 11.0. The lowest BCUT2D eigenvalue weighted by molar-refractivity contribution is -0.117. The number of carbonyl (C=O) groups excluding carboxylic acids is 2. The first-order chi connectivity index (χ1) is 16.0. The zero-order chi connectivity index (χ0) is 22.9. The molecule has 2 amide bonds. The van der Waals surface area contributed by atoms with E-state index in [0.29, 0.717) is 34.0 Å². The molecule has 0 bridgehead atoms. The van der Waals surface area contributed by atoms with Gasteiger partial charge in [-0.15, -0.1) is 0 Å². The van der Waals surface area contributed by atoms with Crippen LogP contribution in [-0.4, -0.2) is 28.5 Å². The number of benzene rings is 2. The van der Waals surface area contributed by atoms with Crippen LogP contribution in [0.5, 0.6) is 0 Å². The number of primary amides is 1. The van der Waals surface area contributed by atoms with Crippen LogP contribution in [0.25, 0.3) is 22.4 Å². The van der Waals surface area contributed by atoms with Crippen molar-refractivity contribution in [1.82, 2.24) is 10.1 Å². The summed E-state index contributed by atoms with van der Waals surface area (Å²) in [5, 5.41) is 4.84. The molecular formula is C26H24N4O3. The largest absolute Gasteiger partial charge is 0.370 e. The molecule has 0 spiro atoms. The monoisotopic (exact) mass is 440 g/mol. The molecule has 1 aliphatic rings. The van der Waals surface area contributed by atoms with Crippen molar-refractivity contribution >= 4 is 28.6 Å². The summed E-state index contributed by atoms with van der Waals surface area (Å²) in [5.74, 6) is -0.380. The lowest BCUT2D eigenvalue weighted by Gasteiger charge is -2.23. The highest BCUT2D eigenvalue weighted by Crippen LogP contribution is 2.41. The Morgan fingerprint density at radius 3 is 2.58 bits per heavy atom. The lowest BCUT2D eigenvalue weighted by atomic mass is 10.0. The molecule has 1 aliphatic carbocycles. The van der Waals surface area contributed by atoms with Gasteiger partial charge in [-0.05, 0) is 43.5 Å². The van der Waals surface area contributed by atoms with Gasteiger partial charge in [-0.3, -0.25) is 9.59 Å². The number of nitrogens with two attached hydrogens (primary N) is 1. The lowest BCUT2D eigenvalue weighted by Crippen LogP contribution is -2.34. The topological polar surface area (TPSA) is 102 Å². The molecule has 2 N–H and O–H groups in total. The van der Waals surface area contributed by atoms with Crippen LogP contribution in [0.15, 0.2) is 65.2 Å². The maximum absolute atomic E-state index is 14.0. The Morgan fingerprint density at radius 2 is 1.88 bits per heavy atom. The summed E-state index contributed by atoms with van der Waals surface area (Å²) in [6.45, 7) is 2.13. The van der Waals surface area contributed by atoms with Crippen molar-refractivity contribution in [1.29, 1.82) is 0 Å². The second-order valence-corrected chi connectivity index (χ2v) is 8.46. The van der Waals surface area contributed by atoms with Gasteiger partial charge >= 0.3 is 0 Å². The van der Waals surface area contributed by atoms with Crippen molar-refractivity contribution in [3.8, 4) is 11.3 Å². The molecule has 0 radical (unpaired) electrons. The van der Waals surface area contributed by atoms with Gasteiger partial charge in [0.2, 0.25) is 5.91 Å². The number of carbonyl (C=O) groups is 2. The SMILES string of the molecule is Cc1cccc(N(CCC(N)=O)C(=O)c2cc(C3CC3)nc3onc(-c4ccccc4)c23)c1. The van der Waals surface area contributed by atoms with E-state index >= 15 is 0 Å². The van der Waals surface area contributed by atoms with E-state index in [2.05, 4.69) is 10.1 Å². The van der Waals surface area contributed by atoms with Crippen molar-refractivity contribution in [2.45, 2.75) is 32.1 Å². The Kier molecular flexibility index (Phi) is 5.38. The van der Waals surface area contributed by atoms with Crippen molar-refractivity contribution in [3.63, 3.8) is 0 Å². The fourth-order valence-corrected chi connectivity index (χ4v) is 4.03. The van der Waals surface area contributed by atoms with Gasteiger partial charge in [0.1, 0.15) is 5.69 Å². The molecule has 2 aromatic carbocycles. The molecule has 2 heterocycles. The molecule has 7 nitrogen and oxygen atoms in total. The molecule has 0 unspecified atom stereocenters. The van der Waals surface area contributed by atoms with Gasteiger partial charge in [0.05, 0.1) is 10.9 Å². The Bertz CT molecular complexity index is 1340. The highest BCUT2D eigenvalue weighted by atomic mass is 16.5. The van der Waals surface area contributed by atoms with Gasteiger partial charge in [0.15, 0.2) is 0 Å². The molecule has 166 valence electrons. The van der Waals surface area contributed by atoms with Crippen LogP contribution < -0.4 is 10.6 Å². The van der Waals surface area contributed by atoms with Gasteiger partial charge < -0.3 is 15.2 Å². The Hall–Kier alpha value is -4.00. The molecule has 2 aromatic heterocycles. The highest BCUT2D eigenvalue weighted by molar-refractivity contribution is 6.16. The number of hydrogen-bond donors (Lipinski definition) is 1. The van der Waals surface area contributed by atoms with Crippen molar-refractivity contribution < 1.29 is 14.1 Å². The van der Waals surface area contributed by atoms with Crippen LogP contribution in [0.1, 0.15) is 46.8 Å². The Labute approximate surface area is 191 Å². The average Bonchev–Trinajstić information content (AvgIpc) is 3.58. The van der Waals surface area contributed by atoms with Gasteiger partial charge in [-0.1, -0.05) is 47.6 Å². The van der Waals surface area contributed by atoms with E-state index in [9.17, 15) is 9.59 Å². The summed E-state index contributed by atoms with van der Waals surface area (Å²) in [6, 6.07) is 19.1. The predicted octanol–water partition coefficient (Wildman–Crippen LogP) is 4.60. The quantitative estimate of drug-likeness (QED) is 0.452. The number of pyridine rings is 1. The number of hydrogen-bond acceptors (Lipinski definition) is 5. The van der Waals surface area contributed by atoms with E-state index in [1.54, 1.807) is 4.90 Å². The van der Waals surface area contributed by atoms with Gasteiger partial charge in [0, 0.05) is 35.8 Å². The summed E-state index contributed by atoms with van der Waals surface area (Å²) in [6.07, 6.45) is 2.13. The Balaban J connectivity index is 1.67. The van der Waals surface area contributed by atoms with Crippen LogP contribution in [0, 0.1) is 6.92 Å². The molecule has 0 atom stereocenters. The molecular weight excluding hydrogens is 416 g/mol.